The molecule has 0 saturated heterocycles. The second-order valence-electron chi connectivity index (χ2n) is 1.86. The Balaban J connectivity index is 3.12. The predicted molar refractivity (Wildman–Crippen MR) is 36.9 cm³/mol. The van der Waals surface area contributed by atoms with Crippen molar-refractivity contribution in [3.8, 4) is 0 Å². The van der Waals surface area contributed by atoms with E-state index in [4.69, 9.17) is 21.0 Å². The highest BCUT2D eigenvalue weighted by Crippen LogP contribution is 2.08. The molecule has 4 heteroatoms. The quantitative estimate of drug-likeness (QED) is 0.375. The van der Waals surface area contributed by atoms with Gasteiger partial charge in [-0.3, -0.25) is 10.8 Å². The fourth-order valence-corrected chi connectivity index (χ4v) is 0.580. The molecule has 0 fully saturated rings. The van der Waals surface area contributed by atoms with Gasteiger partial charge in [-0.1, -0.05) is 0 Å². The number of hydrogen-bond donors (Lipinski definition) is 4. The van der Waals surface area contributed by atoms with E-state index in [-0.39, 0.29) is 11.4 Å². The van der Waals surface area contributed by atoms with Gasteiger partial charge in [-0.25, -0.2) is 0 Å². The fourth-order valence-electron chi connectivity index (χ4n) is 0.580. The monoisotopic (exact) mass is 138 g/mol. The zero-order chi connectivity index (χ0) is 7.72. The van der Waals surface area contributed by atoms with Gasteiger partial charge in [0.25, 0.3) is 0 Å². The largest absolute Gasteiger partial charge is 0.503 e. The smallest absolute Gasteiger partial charge is 0.185 e. The summed E-state index contributed by atoms with van der Waals surface area (Å²) in [6, 6.07) is 0. The van der Waals surface area contributed by atoms with Crippen LogP contribution in [-0.2, 0) is 0 Å². The molecule has 0 saturated carbocycles. The molecule has 0 amide bonds. The summed E-state index contributed by atoms with van der Waals surface area (Å²) in [5, 5.41) is 31.6. The lowest BCUT2D eigenvalue weighted by molar-refractivity contribution is 0.366. The van der Waals surface area contributed by atoms with Crippen molar-refractivity contribution in [1.29, 1.82) is 10.8 Å². The molecule has 0 radical (unpaired) electrons. The van der Waals surface area contributed by atoms with E-state index in [1.54, 1.807) is 0 Å². The molecule has 0 aliphatic heterocycles. The highest BCUT2D eigenvalue weighted by atomic mass is 16.3. The SMILES string of the molecule is N=C1C=CC(=N)C(O)=C1O. The minimum absolute atomic E-state index is 0.173. The van der Waals surface area contributed by atoms with Crippen LogP contribution in [-0.4, -0.2) is 21.6 Å². The van der Waals surface area contributed by atoms with Crippen LogP contribution in [0.2, 0.25) is 0 Å². The second kappa shape index (κ2) is 1.98. The normalized spacial score (nSPS) is 18.4. The second-order valence-corrected chi connectivity index (χ2v) is 1.86. The molecule has 0 aromatic rings. The summed E-state index contributed by atoms with van der Waals surface area (Å²) < 4.78 is 0. The van der Waals surface area contributed by atoms with Gasteiger partial charge in [0.15, 0.2) is 11.5 Å². The van der Waals surface area contributed by atoms with Crippen molar-refractivity contribution in [2.45, 2.75) is 0 Å². The zero-order valence-electron chi connectivity index (χ0n) is 5.05. The van der Waals surface area contributed by atoms with Crippen LogP contribution >= 0.6 is 0 Å². The number of aliphatic hydroxyl groups excluding tert-OH is 2. The number of nitrogens with one attached hydrogen (secondary N) is 2. The molecule has 0 heterocycles. The van der Waals surface area contributed by atoms with E-state index in [1.165, 1.54) is 12.2 Å². The first-order chi connectivity index (χ1) is 4.63. The average Bonchev–Trinajstić information content (AvgIpc) is 1.93. The van der Waals surface area contributed by atoms with E-state index in [1.807, 2.05) is 0 Å². The third-order valence-corrected chi connectivity index (χ3v) is 1.15. The van der Waals surface area contributed by atoms with E-state index in [2.05, 4.69) is 0 Å². The molecule has 0 unspecified atom stereocenters. The van der Waals surface area contributed by atoms with Crippen molar-refractivity contribution in [3.63, 3.8) is 0 Å². The van der Waals surface area contributed by atoms with Gasteiger partial charge in [0.2, 0.25) is 0 Å². The van der Waals surface area contributed by atoms with Crippen molar-refractivity contribution in [1.82, 2.24) is 0 Å². The molecule has 52 valence electrons. The number of allylic oxidation sites excluding steroid dienone is 2. The summed E-state index contributed by atoms with van der Waals surface area (Å²) in [7, 11) is 0. The molecule has 4 N–H and O–H groups in total. The van der Waals surface area contributed by atoms with Gasteiger partial charge in [-0.05, 0) is 12.2 Å². The zero-order valence-corrected chi connectivity index (χ0v) is 5.05. The lowest BCUT2D eigenvalue weighted by Crippen LogP contribution is -2.12. The van der Waals surface area contributed by atoms with Crippen LogP contribution in [0.15, 0.2) is 23.7 Å². The Bertz CT molecular complexity index is 237. The van der Waals surface area contributed by atoms with Gasteiger partial charge in [0, 0.05) is 0 Å². The number of rotatable bonds is 0. The Morgan fingerprint density at radius 2 is 1.20 bits per heavy atom. The lowest BCUT2D eigenvalue weighted by Gasteiger charge is -2.06. The van der Waals surface area contributed by atoms with Crippen LogP contribution in [0, 0.1) is 10.8 Å². The standard InChI is InChI=1S/C6H6N2O2/c7-3-1-2-4(8)6(10)5(3)9/h1-2,7-10H. The highest BCUT2D eigenvalue weighted by molar-refractivity contribution is 6.19. The Morgan fingerprint density at radius 1 is 0.900 bits per heavy atom. The number of aliphatic hydroxyl groups is 2. The average molecular weight is 138 g/mol. The van der Waals surface area contributed by atoms with Crippen molar-refractivity contribution in [2.75, 3.05) is 0 Å². The molecule has 0 aromatic carbocycles. The molecule has 0 spiro atoms. The topological polar surface area (TPSA) is 88.2 Å². The molecule has 0 atom stereocenters. The van der Waals surface area contributed by atoms with E-state index in [0.29, 0.717) is 0 Å². The Kier molecular flexibility index (Phi) is 1.30. The van der Waals surface area contributed by atoms with Gasteiger partial charge < -0.3 is 10.2 Å². The molecule has 1 aliphatic rings. The molecule has 1 rings (SSSR count). The molecule has 4 nitrogen and oxygen atoms in total. The summed E-state index contributed by atoms with van der Waals surface area (Å²) >= 11 is 0. The van der Waals surface area contributed by atoms with E-state index in [9.17, 15) is 0 Å². The summed E-state index contributed by atoms with van der Waals surface area (Å²) in [4.78, 5) is 0. The fraction of sp³-hybridized carbons (Fsp3) is 0. The summed E-state index contributed by atoms with van der Waals surface area (Å²) in [6.45, 7) is 0. The summed E-state index contributed by atoms with van der Waals surface area (Å²) in [5.74, 6) is -1.07. The minimum Gasteiger partial charge on any atom is -0.503 e. The first-order valence-electron chi connectivity index (χ1n) is 2.61. The van der Waals surface area contributed by atoms with Gasteiger partial charge in [0.05, 0.1) is 11.4 Å². The van der Waals surface area contributed by atoms with Crippen molar-refractivity contribution in [3.05, 3.63) is 23.7 Å². The molecule has 10 heavy (non-hydrogen) atoms. The Morgan fingerprint density at radius 3 is 1.50 bits per heavy atom. The number of hydrogen-bond acceptors (Lipinski definition) is 4. The van der Waals surface area contributed by atoms with Crippen LogP contribution < -0.4 is 0 Å². The maximum Gasteiger partial charge on any atom is 0.185 e. The highest BCUT2D eigenvalue weighted by Gasteiger charge is 2.14. The Labute approximate surface area is 57.1 Å². The maximum absolute atomic E-state index is 8.83. The van der Waals surface area contributed by atoms with E-state index in [0.717, 1.165) is 0 Å². The van der Waals surface area contributed by atoms with Crippen molar-refractivity contribution < 1.29 is 10.2 Å². The van der Waals surface area contributed by atoms with Crippen LogP contribution in [0.1, 0.15) is 0 Å². The first kappa shape index (κ1) is 6.54. The van der Waals surface area contributed by atoms with E-state index < -0.39 is 11.5 Å². The lowest BCUT2D eigenvalue weighted by atomic mass is 10.1. The van der Waals surface area contributed by atoms with Crippen molar-refractivity contribution >= 4 is 11.4 Å². The van der Waals surface area contributed by atoms with E-state index >= 15 is 0 Å². The predicted octanol–water partition coefficient (Wildman–Crippen LogP) is 0.923. The molecule has 0 bridgehead atoms. The first-order valence-corrected chi connectivity index (χ1v) is 2.61. The minimum atomic E-state index is -0.535. The van der Waals surface area contributed by atoms with Gasteiger partial charge in [-0.2, -0.15) is 0 Å². The molecular formula is C6H6N2O2. The molecule has 0 aromatic heterocycles. The van der Waals surface area contributed by atoms with Crippen LogP contribution in [0.3, 0.4) is 0 Å². The van der Waals surface area contributed by atoms with Gasteiger partial charge >= 0.3 is 0 Å². The third kappa shape index (κ3) is 0.793. The molecule has 1 aliphatic carbocycles. The van der Waals surface area contributed by atoms with Crippen LogP contribution in [0.5, 0.6) is 0 Å². The van der Waals surface area contributed by atoms with Crippen molar-refractivity contribution in [2.24, 2.45) is 0 Å². The third-order valence-electron chi connectivity index (χ3n) is 1.15. The van der Waals surface area contributed by atoms with Crippen LogP contribution in [0.25, 0.3) is 0 Å². The molecular weight excluding hydrogens is 132 g/mol. The van der Waals surface area contributed by atoms with Gasteiger partial charge in [0.1, 0.15) is 0 Å². The maximum atomic E-state index is 8.83. The Hall–Kier alpha value is -1.58. The van der Waals surface area contributed by atoms with Gasteiger partial charge in [-0.15, -0.1) is 0 Å². The summed E-state index contributed by atoms with van der Waals surface area (Å²) in [5.41, 5.74) is -0.345. The summed E-state index contributed by atoms with van der Waals surface area (Å²) in [6.07, 6.45) is 2.49. The van der Waals surface area contributed by atoms with Crippen LogP contribution in [0.4, 0.5) is 0 Å².